The van der Waals surface area contributed by atoms with E-state index >= 15 is 0 Å². The molecular formula is C10H22N2. The van der Waals surface area contributed by atoms with E-state index in [9.17, 15) is 0 Å². The van der Waals surface area contributed by atoms with Crippen molar-refractivity contribution in [2.75, 3.05) is 26.2 Å². The molecule has 0 spiro atoms. The molecule has 0 radical (unpaired) electrons. The average molecular weight is 170 g/mol. The third kappa shape index (κ3) is 2.76. The van der Waals surface area contributed by atoms with Crippen molar-refractivity contribution in [1.82, 2.24) is 10.2 Å². The number of nitrogens with zero attached hydrogens (tertiary/aromatic N) is 1. The zero-order chi connectivity index (χ0) is 8.97. The van der Waals surface area contributed by atoms with E-state index in [1.807, 2.05) is 0 Å². The SMILES string of the molecule is CCC(C)CN1CCNC[C@H]1C. The van der Waals surface area contributed by atoms with E-state index < -0.39 is 0 Å². The Morgan fingerprint density at radius 1 is 1.58 bits per heavy atom. The molecule has 12 heavy (non-hydrogen) atoms. The molecule has 0 saturated carbocycles. The molecule has 2 atom stereocenters. The lowest BCUT2D eigenvalue weighted by Gasteiger charge is -2.35. The third-order valence-electron chi connectivity index (χ3n) is 2.88. The molecule has 1 aliphatic rings. The van der Waals surface area contributed by atoms with Crippen molar-refractivity contribution in [3.8, 4) is 0 Å². The van der Waals surface area contributed by atoms with E-state index in [-0.39, 0.29) is 0 Å². The molecule has 1 rings (SSSR count). The van der Waals surface area contributed by atoms with Crippen LogP contribution in [0.1, 0.15) is 27.2 Å². The molecule has 0 bridgehead atoms. The fraction of sp³-hybridized carbons (Fsp3) is 1.00. The molecule has 0 aromatic heterocycles. The Morgan fingerprint density at radius 2 is 2.33 bits per heavy atom. The van der Waals surface area contributed by atoms with Gasteiger partial charge in [-0.05, 0) is 12.8 Å². The first-order valence-electron chi connectivity index (χ1n) is 5.18. The molecule has 1 heterocycles. The lowest BCUT2D eigenvalue weighted by Crippen LogP contribution is -2.50. The largest absolute Gasteiger partial charge is 0.314 e. The minimum Gasteiger partial charge on any atom is -0.314 e. The summed E-state index contributed by atoms with van der Waals surface area (Å²) in [6.45, 7) is 11.8. The van der Waals surface area contributed by atoms with Crippen LogP contribution in [-0.4, -0.2) is 37.1 Å². The van der Waals surface area contributed by atoms with Crippen LogP contribution < -0.4 is 5.32 Å². The van der Waals surface area contributed by atoms with Crippen LogP contribution in [0.5, 0.6) is 0 Å². The smallest absolute Gasteiger partial charge is 0.0193 e. The average Bonchev–Trinajstić information content (AvgIpc) is 2.09. The molecule has 2 nitrogen and oxygen atoms in total. The van der Waals surface area contributed by atoms with E-state index in [1.54, 1.807) is 0 Å². The standard InChI is InChI=1S/C10H22N2/c1-4-9(2)8-12-6-5-11-7-10(12)3/h9-11H,4-8H2,1-3H3/t9?,10-/m1/s1. The third-order valence-corrected chi connectivity index (χ3v) is 2.88. The van der Waals surface area contributed by atoms with Crippen LogP contribution in [0, 0.1) is 5.92 Å². The molecule has 1 unspecified atom stereocenters. The number of piperazine rings is 1. The zero-order valence-electron chi connectivity index (χ0n) is 8.64. The van der Waals surface area contributed by atoms with Crippen molar-refractivity contribution in [2.45, 2.75) is 33.2 Å². The molecule has 1 aliphatic heterocycles. The second-order valence-electron chi connectivity index (χ2n) is 4.06. The second-order valence-corrected chi connectivity index (χ2v) is 4.06. The maximum absolute atomic E-state index is 3.41. The van der Waals surface area contributed by atoms with E-state index in [2.05, 4.69) is 31.0 Å². The molecule has 2 heteroatoms. The number of nitrogens with one attached hydrogen (secondary N) is 1. The molecule has 0 aromatic rings. The van der Waals surface area contributed by atoms with Gasteiger partial charge in [-0.3, -0.25) is 4.90 Å². The Kier molecular flexibility index (Phi) is 4.02. The highest BCUT2D eigenvalue weighted by molar-refractivity contribution is 4.76. The van der Waals surface area contributed by atoms with Gasteiger partial charge in [0.05, 0.1) is 0 Å². The van der Waals surface area contributed by atoms with Gasteiger partial charge in [0.15, 0.2) is 0 Å². The zero-order valence-corrected chi connectivity index (χ0v) is 8.64. The highest BCUT2D eigenvalue weighted by Gasteiger charge is 2.18. The van der Waals surface area contributed by atoms with Crippen molar-refractivity contribution >= 4 is 0 Å². The van der Waals surface area contributed by atoms with E-state index in [4.69, 9.17) is 0 Å². The minimum absolute atomic E-state index is 0.729. The van der Waals surface area contributed by atoms with Gasteiger partial charge in [-0.15, -0.1) is 0 Å². The lowest BCUT2D eigenvalue weighted by molar-refractivity contribution is 0.150. The summed E-state index contributed by atoms with van der Waals surface area (Å²) in [5.41, 5.74) is 0. The van der Waals surface area contributed by atoms with Crippen molar-refractivity contribution in [2.24, 2.45) is 5.92 Å². The highest BCUT2D eigenvalue weighted by Crippen LogP contribution is 2.08. The van der Waals surface area contributed by atoms with Crippen LogP contribution in [0.2, 0.25) is 0 Å². The van der Waals surface area contributed by atoms with Gasteiger partial charge in [0, 0.05) is 32.2 Å². The molecular weight excluding hydrogens is 148 g/mol. The molecule has 0 amide bonds. The quantitative estimate of drug-likeness (QED) is 0.687. The van der Waals surface area contributed by atoms with Crippen LogP contribution in [0.3, 0.4) is 0 Å². The van der Waals surface area contributed by atoms with E-state index in [0.29, 0.717) is 0 Å². The Labute approximate surface area is 76.3 Å². The number of hydrogen-bond acceptors (Lipinski definition) is 2. The second kappa shape index (κ2) is 4.83. The topological polar surface area (TPSA) is 15.3 Å². The normalized spacial score (nSPS) is 28.8. The maximum Gasteiger partial charge on any atom is 0.0193 e. The minimum atomic E-state index is 0.729. The van der Waals surface area contributed by atoms with Crippen LogP contribution in [-0.2, 0) is 0 Å². The predicted octanol–water partition coefficient (Wildman–Crippen LogP) is 1.33. The van der Waals surface area contributed by atoms with Crippen LogP contribution in [0.15, 0.2) is 0 Å². The van der Waals surface area contributed by atoms with Gasteiger partial charge in [0.2, 0.25) is 0 Å². The molecule has 0 aliphatic carbocycles. The molecule has 1 saturated heterocycles. The van der Waals surface area contributed by atoms with Crippen LogP contribution in [0.4, 0.5) is 0 Å². The molecule has 0 aromatic carbocycles. The number of rotatable bonds is 3. The summed E-state index contributed by atoms with van der Waals surface area (Å²) in [7, 11) is 0. The van der Waals surface area contributed by atoms with Gasteiger partial charge in [-0.1, -0.05) is 20.3 Å². The van der Waals surface area contributed by atoms with Gasteiger partial charge >= 0.3 is 0 Å². The van der Waals surface area contributed by atoms with Crippen molar-refractivity contribution in [3.63, 3.8) is 0 Å². The van der Waals surface area contributed by atoms with Crippen LogP contribution in [0.25, 0.3) is 0 Å². The molecule has 1 N–H and O–H groups in total. The van der Waals surface area contributed by atoms with Crippen LogP contribution >= 0.6 is 0 Å². The van der Waals surface area contributed by atoms with Gasteiger partial charge < -0.3 is 5.32 Å². The summed E-state index contributed by atoms with van der Waals surface area (Å²) in [6.07, 6.45) is 1.30. The Morgan fingerprint density at radius 3 is 2.92 bits per heavy atom. The first-order chi connectivity index (χ1) is 5.74. The summed E-state index contributed by atoms with van der Waals surface area (Å²) < 4.78 is 0. The summed E-state index contributed by atoms with van der Waals surface area (Å²) in [5, 5.41) is 3.41. The Hall–Kier alpha value is -0.0800. The van der Waals surface area contributed by atoms with Gasteiger partial charge in [-0.25, -0.2) is 0 Å². The lowest BCUT2D eigenvalue weighted by atomic mass is 10.1. The fourth-order valence-electron chi connectivity index (χ4n) is 1.68. The first kappa shape index (κ1) is 10.0. The summed E-state index contributed by atoms with van der Waals surface area (Å²) in [6, 6.07) is 0.729. The highest BCUT2D eigenvalue weighted by atomic mass is 15.2. The maximum atomic E-state index is 3.41. The Balaban J connectivity index is 2.28. The predicted molar refractivity (Wildman–Crippen MR) is 53.4 cm³/mol. The number of hydrogen-bond donors (Lipinski definition) is 1. The van der Waals surface area contributed by atoms with Gasteiger partial charge in [0.1, 0.15) is 0 Å². The van der Waals surface area contributed by atoms with Gasteiger partial charge in [0.25, 0.3) is 0 Å². The summed E-state index contributed by atoms with van der Waals surface area (Å²) in [4.78, 5) is 2.60. The summed E-state index contributed by atoms with van der Waals surface area (Å²) >= 11 is 0. The van der Waals surface area contributed by atoms with Crippen molar-refractivity contribution in [1.29, 1.82) is 0 Å². The first-order valence-corrected chi connectivity index (χ1v) is 5.18. The molecule has 72 valence electrons. The van der Waals surface area contributed by atoms with Crippen molar-refractivity contribution < 1.29 is 0 Å². The monoisotopic (exact) mass is 170 g/mol. The van der Waals surface area contributed by atoms with E-state index in [0.717, 1.165) is 18.5 Å². The summed E-state index contributed by atoms with van der Waals surface area (Å²) in [5.74, 6) is 0.852. The Bertz CT molecular complexity index is 125. The molecule has 1 fully saturated rings. The van der Waals surface area contributed by atoms with Crippen molar-refractivity contribution in [3.05, 3.63) is 0 Å². The van der Waals surface area contributed by atoms with Gasteiger partial charge in [-0.2, -0.15) is 0 Å². The van der Waals surface area contributed by atoms with E-state index in [1.165, 1.54) is 26.1 Å². The fourth-order valence-corrected chi connectivity index (χ4v) is 1.68.